The number of nitrogen functional groups attached to an aromatic ring is 1. The third kappa shape index (κ3) is 4.15. The molecule has 0 atom stereocenters. The summed E-state index contributed by atoms with van der Waals surface area (Å²) in [5.74, 6) is 1.99. The molecule has 140 valence electrons. The van der Waals surface area contributed by atoms with Crippen molar-refractivity contribution in [2.45, 2.75) is 13.3 Å². The quantitative estimate of drug-likeness (QED) is 0.497. The maximum Gasteiger partial charge on any atom is 0.237 e. The first-order valence-corrected chi connectivity index (χ1v) is 8.97. The highest BCUT2D eigenvalue weighted by Gasteiger charge is 2.05. The molecule has 0 amide bonds. The van der Waals surface area contributed by atoms with Gasteiger partial charge in [-0.05, 0) is 49.2 Å². The minimum atomic E-state index is 0.478. The predicted molar refractivity (Wildman–Crippen MR) is 109 cm³/mol. The number of hydrogen-bond donors (Lipinski definition) is 2. The molecule has 0 radical (unpaired) electrons. The van der Waals surface area contributed by atoms with Gasteiger partial charge in [0.15, 0.2) is 0 Å². The summed E-state index contributed by atoms with van der Waals surface area (Å²) in [5.41, 5.74) is 9.44. The lowest BCUT2D eigenvalue weighted by Gasteiger charge is -2.10. The maximum absolute atomic E-state index is 5.89. The zero-order valence-electron chi connectivity index (χ0n) is 15.5. The number of nitrogens with zero attached hydrogens (tertiary/aromatic N) is 4. The van der Waals surface area contributed by atoms with Crippen LogP contribution < -0.4 is 15.8 Å². The Kier molecular flexibility index (Phi) is 4.97. The zero-order chi connectivity index (χ0) is 19.3. The smallest absolute Gasteiger partial charge is 0.237 e. The van der Waals surface area contributed by atoms with Gasteiger partial charge >= 0.3 is 0 Å². The normalized spacial score (nSPS) is 10.8. The molecular formula is C21H20N6O. The summed E-state index contributed by atoms with van der Waals surface area (Å²) >= 11 is 0. The van der Waals surface area contributed by atoms with Crippen LogP contribution in [-0.2, 0) is 6.42 Å². The average Bonchev–Trinajstić information content (AvgIpc) is 2.70. The van der Waals surface area contributed by atoms with Gasteiger partial charge in [-0.3, -0.25) is 4.98 Å². The van der Waals surface area contributed by atoms with Crippen molar-refractivity contribution >= 4 is 22.4 Å². The van der Waals surface area contributed by atoms with E-state index in [4.69, 9.17) is 10.5 Å². The maximum atomic E-state index is 5.89. The monoisotopic (exact) mass is 372 g/mol. The minimum Gasteiger partial charge on any atom is -0.437 e. The largest absolute Gasteiger partial charge is 0.437 e. The highest BCUT2D eigenvalue weighted by atomic mass is 16.5. The summed E-state index contributed by atoms with van der Waals surface area (Å²) < 4.78 is 5.78. The molecule has 4 aromatic rings. The number of ether oxygens (including phenoxy) is 1. The molecule has 2 aromatic heterocycles. The van der Waals surface area contributed by atoms with Crippen LogP contribution in [0.2, 0.25) is 0 Å². The second kappa shape index (κ2) is 7.87. The van der Waals surface area contributed by atoms with E-state index >= 15 is 0 Å². The van der Waals surface area contributed by atoms with Gasteiger partial charge < -0.3 is 15.8 Å². The molecule has 7 nitrogen and oxygen atoms in total. The van der Waals surface area contributed by atoms with E-state index in [1.807, 2.05) is 43.3 Å². The first-order valence-electron chi connectivity index (χ1n) is 8.97. The Morgan fingerprint density at radius 2 is 1.93 bits per heavy atom. The molecule has 0 aliphatic heterocycles. The van der Waals surface area contributed by atoms with E-state index in [-0.39, 0.29) is 0 Å². The van der Waals surface area contributed by atoms with Crippen molar-refractivity contribution in [2.24, 2.45) is 0 Å². The standard InChI is InChI=1S/C21H20N6O/c1-14-11-25-20(12-24-14)28-17-4-2-3-15(9-17)7-8-23-21-18-10-16(22)5-6-19(18)26-13-27-21/h2-6,9-13H,7-8,22H2,1H3,(H,23,26,27). The Morgan fingerprint density at radius 3 is 2.79 bits per heavy atom. The van der Waals surface area contributed by atoms with Crippen molar-refractivity contribution in [3.05, 3.63) is 72.4 Å². The molecule has 4 rings (SSSR count). The number of rotatable bonds is 6. The van der Waals surface area contributed by atoms with Crippen LogP contribution in [0, 0.1) is 6.92 Å². The van der Waals surface area contributed by atoms with Crippen LogP contribution in [0.5, 0.6) is 11.6 Å². The van der Waals surface area contributed by atoms with Gasteiger partial charge in [0.25, 0.3) is 0 Å². The SMILES string of the molecule is Cc1cnc(Oc2cccc(CCNc3ncnc4ccc(N)cc34)c2)cn1. The molecular weight excluding hydrogens is 352 g/mol. The number of hydrogen-bond acceptors (Lipinski definition) is 7. The molecule has 0 aliphatic rings. The summed E-state index contributed by atoms with van der Waals surface area (Å²) in [7, 11) is 0. The van der Waals surface area contributed by atoms with Crippen molar-refractivity contribution in [1.82, 2.24) is 19.9 Å². The van der Waals surface area contributed by atoms with Gasteiger partial charge in [-0.2, -0.15) is 0 Å². The van der Waals surface area contributed by atoms with Crippen LogP contribution in [0.3, 0.4) is 0 Å². The van der Waals surface area contributed by atoms with Crippen LogP contribution in [0.4, 0.5) is 11.5 Å². The molecule has 0 unspecified atom stereocenters. The number of nitrogens with one attached hydrogen (secondary N) is 1. The predicted octanol–water partition coefficient (Wildman–Crippen LogP) is 3.76. The van der Waals surface area contributed by atoms with Gasteiger partial charge in [0.1, 0.15) is 17.9 Å². The third-order valence-electron chi connectivity index (χ3n) is 4.24. The summed E-state index contributed by atoms with van der Waals surface area (Å²) in [6, 6.07) is 13.5. The van der Waals surface area contributed by atoms with Crippen molar-refractivity contribution < 1.29 is 4.74 Å². The Morgan fingerprint density at radius 1 is 1.00 bits per heavy atom. The fourth-order valence-electron chi connectivity index (χ4n) is 2.86. The number of anilines is 2. The van der Waals surface area contributed by atoms with E-state index < -0.39 is 0 Å². The number of aryl methyl sites for hydroxylation is 1. The average molecular weight is 372 g/mol. The van der Waals surface area contributed by atoms with E-state index in [9.17, 15) is 0 Å². The van der Waals surface area contributed by atoms with Gasteiger partial charge in [-0.25, -0.2) is 15.0 Å². The Labute approximate surface area is 162 Å². The fraction of sp³-hybridized carbons (Fsp3) is 0.143. The van der Waals surface area contributed by atoms with Crippen LogP contribution in [-0.4, -0.2) is 26.5 Å². The molecule has 0 bridgehead atoms. The molecule has 0 saturated heterocycles. The highest BCUT2D eigenvalue weighted by Crippen LogP contribution is 2.22. The number of aromatic nitrogens is 4. The van der Waals surface area contributed by atoms with Crippen LogP contribution in [0.25, 0.3) is 10.9 Å². The van der Waals surface area contributed by atoms with E-state index in [1.54, 1.807) is 18.7 Å². The van der Waals surface area contributed by atoms with Crippen molar-refractivity contribution in [3.8, 4) is 11.6 Å². The Balaban J connectivity index is 1.42. The lowest BCUT2D eigenvalue weighted by molar-refractivity contribution is 0.459. The van der Waals surface area contributed by atoms with Gasteiger partial charge in [0.2, 0.25) is 5.88 Å². The summed E-state index contributed by atoms with van der Waals surface area (Å²) in [4.78, 5) is 17.0. The number of benzene rings is 2. The minimum absolute atomic E-state index is 0.478. The van der Waals surface area contributed by atoms with Crippen molar-refractivity contribution in [3.63, 3.8) is 0 Å². The summed E-state index contributed by atoms with van der Waals surface area (Å²) in [5, 5.41) is 4.28. The van der Waals surface area contributed by atoms with E-state index in [2.05, 4.69) is 31.3 Å². The number of fused-ring (bicyclic) bond motifs is 1. The lowest BCUT2D eigenvalue weighted by atomic mass is 10.1. The molecule has 0 saturated carbocycles. The van der Waals surface area contributed by atoms with Gasteiger partial charge in [0, 0.05) is 17.6 Å². The molecule has 2 aromatic carbocycles. The molecule has 0 spiro atoms. The lowest BCUT2D eigenvalue weighted by Crippen LogP contribution is -2.07. The zero-order valence-corrected chi connectivity index (χ0v) is 15.5. The van der Waals surface area contributed by atoms with Gasteiger partial charge in [0.05, 0.1) is 23.6 Å². The second-order valence-corrected chi connectivity index (χ2v) is 6.42. The van der Waals surface area contributed by atoms with E-state index in [0.29, 0.717) is 18.1 Å². The molecule has 0 aliphatic carbocycles. The van der Waals surface area contributed by atoms with Crippen molar-refractivity contribution in [2.75, 3.05) is 17.6 Å². The van der Waals surface area contributed by atoms with E-state index in [1.165, 1.54) is 0 Å². The first-order chi connectivity index (χ1) is 13.7. The molecule has 28 heavy (non-hydrogen) atoms. The number of nitrogens with two attached hydrogens (primary N) is 1. The molecule has 7 heteroatoms. The Bertz CT molecular complexity index is 1100. The highest BCUT2D eigenvalue weighted by molar-refractivity contribution is 5.91. The Hall–Kier alpha value is -3.74. The summed E-state index contributed by atoms with van der Waals surface area (Å²) in [6.07, 6.45) is 5.67. The molecule has 0 fully saturated rings. The van der Waals surface area contributed by atoms with Crippen LogP contribution in [0.1, 0.15) is 11.3 Å². The fourth-order valence-corrected chi connectivity index (χ4v) is 2.86. The van der Waals surface area contributed by atoms with Crippen LogP contribution in [0.15, 0.2) is 61.2 Å². The summed E-state index contributed by atoms with van der Waals surface area (Å²) in [6.45, 7) is 2.61. The third-order valence-corrected chi connectivity index (χ3v) is 4.24. The van der Waals surface area contributed by atoms with Gasteiger partial charge in [-0.1, -0.05) is 12.1 Å². The van der Waals surface area contributed by atoms with Gasteiger partial charge in [-0.15, -0.1) is 0 Å². The second-order valence-electron chi connectivity index (χ2n) is 6.42. The first kappa shape index (κ1) is 17.7. The van der Waals surface area contributed by atoms with E-state index in [0.717, 1.165) is 40.1 Å². The van der Waals surface area contributed by atoms with Crippen LogP contribution >= 0.6 is 0 Å². The van der Waals surface area contributed by atoms with Crippen molar-refractivity contribution in [1.29, 1.82) is 0 Å². The molecule has 3 N–H and O–H groups in total. The topological polar surface area (TPSA) is 98.8 Å². The molecule has 2 heterocycles.